The lowest BCUT2D eigenvalue weighted by Crippen LogP contribution is -2.12. The van der Waals surface area contributed by atoms with Crippen LogP contribution in [0.2, 0.25) is 0 Å². The average molecular weight is 262 g/mol. The number of carbonyl (C=O) groups is 2. The van der Waals surface area contributed by atoms with Gasteiger partial charge in [-0.1, -0.05) is 11.3 Å². The predicted octanol–water partition coefficient (Wildman–Crippen LogP) is 1.75. The summed E-state index contributed by atoms with van der Waals surface area (Å²) in [6, 6.07) is 6.58. The van der Waals surface area contributed by atoms with Gasteiger partial charge in [-0.25, -0.2) is 0 Å². The lowest BCUT2D eigenvalue weighted by atomic mass is 10.2. The van der Waals surface area contributed by atoms with Crippen molar-refractivity contribution in [2.75, 3.05) is 10.6 Å². The number of nitrogens with zero attached hydrogens (tertiary/aromatic N) is 2. The number of anilines is 2. The fourth-order valence-corrected chi connectivity index (χ4v) is 1.75. The molecule has 2 N–H and O–H groups in total. The second-order valence-electron chi connectivity index (χ2n) is 3.46. The Morgan fingerprint density at radius 2 is 1.89 bits per heavy atom. The number of aromatic nitrogens is 2. The first-order chi connectivity index (χ1) is 8.65. The standard InChI is InChI=1S/C11H10N4O2S/c1-7(16)13-9-4-2-8(3-5-9)10(17)14-11-15-12-6-18-11/h2-6H,1H3,(H,13,16)(H,14,15,17). The summed E-state index contributed by atoms with van der Waals surface area (Å²) in [4.78, 5) is 22.6. The van der Waals surface area contributed by atoms with Crippen molar-refractivity contribution in [3.63, 3.8) is 0 Å². The van der Waals surface area contributed by atoms with Crippen LogP contribution >= 0.6 is 11.3 Å². The maximum Gasteiger partial charge on any atom is 0.257 e. The van der Waals surface area contributed by atoms with Crippen molar-refractivity contribution in [2.24, 2.45) is 0 Å². The third-order valence-electron chi connectivity index (χ3n) is 2.05. The first-order valence-corrected chi connectivity index (χ1v) is 5.98. The third-order valence-corrected chi connectivity index (χ3v) is 2.65. The van der Waals surface area contributed by atoms with Gasteiger partial charge in [0.05, 0.1) is 0 Å². The summed E-state index contributed by atoms with van der Waals surface area (Å²) in [5.74, 6) is -0.415. The van der Waals surface area contributed by atoms with Gasteiger partial charge in [0.1, 0.15) is 5.51 Å². The Morgan fingerprint density at radius 1 is 1.17 bits per heavy atom. The average Bonchev–Trinajstić information content (AvgIpc) is 2.82. The zero-order chi connectivity index (χ0) is 13.0. The molecule has 2 aromatic rings. The Hall–Kier alpha value is -2.28. The van der Waals surface area contributed by atoms with Gasteiger partial charge in [-0.15, -0.1) is 10.2 Å². The van der Waals surface area contributed by atoms with Crippen LogP contribution in [0.15, 0.2) is 29.8 Å². The van der Waals surface area contributed by atoms with E-state index in [1.54, 1.807) is 24.3 Å². The first-order valence-electron chi connectivity index (χ1n) is 5.10. The largest absolute Gasteiger partial charge is 0.326 e. The molecular formula is C11H10N4O2S. The van der Waals surface area contributed by atoms with Gasteiger partial charge >= 0.3 is 0 Å². The molecule has 7 heteroatoms. The van der Waals surface area contributed by atoms with Gasteiger partial charge in [0.25, 0.3) is 5.91 Å². The molecule has 0 aliphatic rings. The molecule has 1 heterocycles. The van der Waals surface area contributed by atoms with Crippen LogP contribution < -0.4 is 10.6 Å². The van der Waals surface area contributed by atoms with E-state index in [4.69, 9.17) is 0 Å². The highest BCUT2D eigenvalue weighted by molar-refractivity contribution is 7.13. The highest BCUT2D eigenvalue weighted by Crippen LogP contribution is 2.13. The Labute approximate surface area is 107 Å². The van der Waals surface area contributed by atoms with E-state index in [-0.39, 0.29) is 11.8 Å². The van der Waals surface area contributed by atoms with E-state index >= 15 is 0 Å². The van der Waals surface area contributed by atoms with Crippen molar-refractivity contribution in [3.05, 3.63) is 35.3 Å². The van der Waals surface area contributed by atoms with E-state index in [9.17, 15) is 9.59 Å². The molecule has 0 saturated heterocycles. The van der Waals surface area contributed by atoms with Crippen molar-refractivity contribution in [1.29, 1.82) is 0 Å². The monoisotopic (exact) mass is 262 g/mol. The van der Waals surface area contributed by atoms with Crippen LogP contribution in [-0.2, 0) is 4.79 Å². The molecule has 0 spiro atoms. The van der Waals surface area contributed by atoms with Crippen LogP contribution in [0.3, 0.4) is 0 Å². The van der Waals surface area contributed by atoms with Crippen molar-refractivity contribution < 1.29 is 9.59 Å². The Morgan fingerprint density at radius 3 is 2.44 bits per heavy atom. The van der Waals surface area contributed by atoms with E-state index in [0.29, 0.717) is 16.4 Å². The number of hydrogen-bond acceptors (Lipinski definition) is 5. The normalized spacial score (nSPS) is 9.83. The summed E-state index contributed by atoms with van der Waals surface area (Å²) in [7, 11) is 0. The molecule has 92 valence electrons. The zero-order valence-corrected chi connectivity index (χ0v) is 10.3. The lowest BCUT2D eigenvalue weighted by molar-refractivity contribution is -0.114. The van der Waals surface area contributed by atoms with E-state index in [1.807, 2.05) is 0 Å². The molecule has 2 rings (SSSR count). The van der Waals surface area contributed by atoms with Gasteiger partial charge in [-0.2, -0.15) is 0 Å². The number of benzene rings is 1. The predicted molar refractivity (Wildman–Crippen MR) is 68.6 cm³/mol. The summed E-state index contributed by atoms with van der Waals surface area (Å²) in [5, 5.41) is 13.0. The maximum absolute atomic E-state index is 11.8. The van der Waals surface area contributed by atoms with E-state index in [1.165, 1.54) is 23.8 Å². The zero-order valence-electron chi connectivity index (χ0n) is 9.51. The summed E-state index contributed by atoms with van der Waals surface area (Å²) in [5.41, 5.74) is 2.67. The van der Waals surface area contributed by atoms with Crippen molar-refractivity contribution in [3.8, 4) is 0 Å². The van der Waals surface area contributed by atoms with Crippen LogP contribution in [-0.4, -0.2) is 22.0 Å². The Bertz CT molecular complexity index is 551. The number of hydrogen-bond donors (Lipinski definition) is 2. The third kappa shape index (κ3) is 3.11. The molecule has 0 aliphatic carbocycles. The van der Waals surface area contributed by atoms with E-state index < -0.39 is 0 Å². The number of nitrogens with one attached hydrogen (secondary N) is 2. The minimum Gasteiger partial charge on any atom is -0.326 e. The van der Waals surface area contributed by atoms with Gasteiger partial charge < -0.3 is 5.32 Å². The molecule has 1 aromatic heterocycles. The molecule has 0 atom stereocenters. The van der Waals surface area contributed by atoms with Crippen LogP contribution in [0.1, 0.15) is 17.3 Å². The topological polar surface area (TPSA) is 84.0 Å². The molecular weight excluding hydrogens is 252 g/mol. The van der Waals surface area contributed by atoms with Crippen molar-refractivity contribution >= 4 is 34.0 Å². The van der Waals surface area contributed by atoms with Crippen LogP contribution in [0.5, 0.6) is 0 Å². The second kappa shape index (κ2) is 5.37. The molecule has 0 saturated carbocycles. The Balaban J connectivity index is 2.05. The molecule has 1 aromatic carbocycles. The number of amides is 2. The van der Waals surface area contributed by atoms with Crippen LogP contribution in [0.4, 0.5) is 10.8 Å². The van der Waals surface area contributed by atoms with Gasteiger partial charge in [0.2, 0.25) is 11.0 Å². The van der Waals surface area contributed by atoms with Gasteiger partial charge in [0.15, 0.2) is 0 Å². The van der Waals surface area contributed by atoms with Crippen LogP contribution in [0.25, 0.3) is 0 Å². The fourth-order valence-electron chi connectivity index (χ4n) is 1.31. The smallest absolute Gasteiger partial charge is 0.257 e. The number of rotatable bonds is 3. The summed E-state index contributed by atoms with van der Waals surface area (Å²) >= 11 is 1.25. The van der Waals surface area contributed by atoms with Crippen molar-refractivity contribution in [2.45, 2.75) is 6.92 Å². The minimum atomic E-state index is -0.263. The first kappa shape index (κ1) is 12.2. The Kier molecular flexibility index (Phi) is 3.63. The SMILES string of the molecule is CC(=O)Nc1ccc(C(=O)Nc2nncs2)cc1. The molecule has 18 heavy (non-hydrogen) atoms. The minimum absolute atomic E-state index is 0.152. The summed E-state index contributed by atoms with van der Waals surface area (Å²) < 4.78 is 0. The molecule has 2 amide bonds. The van der Waals surface area contributed by atoms with Crippen molar-refractivity contribution in [1.82, 2.24) is 10.2 Å². The van der Waals surface area contributed by atoms with Crippen LogP contribution in [0, 0.1) is 0 Å². The quantitative estimate of drug-likeness (QED) is 0.882. The molecule has 6 nitrogen and oxygen atoms in total. The maximum atomic E-state index is 11.8. The van der Waals surface area contributed by atoms with Gasteiger partial charge in [-0.05, 0) is 24.3 Å². The van der Waals surface area contributed by atoms with Gasteiger partial charge in [0, 0.05) is 18.2 Å². The molecule has 0 bridgehead atoms. The molecule has 0 fully saturated rings. The summed E-state index contributed by atoms with van der Waals surface area (Å²) in [6.07, 6.45) is 0. The van der Waals surface area contributed by atoms with Gasteiger partial charge in [-0.3, -0.25) is 14.9 Å². The highest BCUT2D eigenvalue weighted by Gasteiger charge is 2.07. The van der Waals surface area contributed by atoms with E-state index in [2.05, 4.69) is 20.8 Å². The summed E-state index contributed by atoms with van der Waals surface area (Å²) in [6.45, 7) is 1.43. The number of carbonyl (C=O) groups excluding carboxylic acids is 2. The second-order valence-corrected chi connectivity index (χ2v) is 4.29. The fraction of sp³-hybridized carbons (Fsp3) is 0.0909. The van der Waals surface area contributed by atoms with E-state index in [0.717, 1.165) is 0 Å². The molecule has 0 aliphatic heterocycles. The molecule has 0 unspecified atom stereocenters. The molecule has 0 radical (unpaired) electrons. The highest BCUT2D eigenvalue weighted by atomic mass is 32.1. The lowest BCUT2D eigenvalue weighted by Gasteiger charge is -2.04.